The maximum Gasteiger partial charge on any atom is 0.200 e. The second kappa shape index (κ2) is 6.29. The van der Waals surface area contributed by atoms with Crippen LogP contribution in [0.1, 0.15) is 27.6 Å². The number of hydrogen-bond acceptors (Lipinski definition) is 3. The molecule has 25 heavy (non-hydrogen) atoms. The Hall–Kier alpha value is -3.33. The van der Waals surface area contributed by atoms with Gasteiger partial charge in [0.15, 0.2) is 6.10 Å². The van der Waals surface area contributed by atoms with Crippen molar-refractivity contribution >= 4 is 11.9 Å². The number of Topliss-reactive ketones (excluding diaryl/α,β-unsaturated/α-hetero) is 1. The highest BCUT2D eigenvalue weighted by atomic mass is 16.5. The topological polar surface area (TPSA) is 46.5 Å². The Balaban J connectivity index is 1.89. The van der Waals surface area contributed by atoms with Crippen LogP contribution in [0.15, 0.2) is 84.4 Å². The Kier molecular flexibility index (Phi) is 3.82. The highest BCUT2D eigenvalue weighted by molar-refractivity contribution is 6.16. The van der Waals surface area contributed by atoms with Crippen molar-refractivity contribution in [2.75, 3.05) is 0 Å². The molecule has 0 aliphatic carbocycles. The van der Waals surface area contributed by atoms with Crippen LogP contribution in [0.3, 0.4) is 0 Å². The lowest BCUT2D eigenvalue weighted by atomic mass is 9.89. The van der Waals surface area contributed by atoms with E-state index in [1.807, 2.05) is 66.7 Å². The standard InChI is InChI=1S/C22H16O3/c23-18-12-7-13-19-20(18)21(24)17(14-15-8-3-1-4-9-15)22(25-19)16-10-5-2-6-11-16/h1-14,22-23H. The molecule has 0 radical (unpaired) electrons. The molecule has 3 heteroatoms. The number of carbonyl (C=O) groups excluding carboxylic acids is 1. The van der Waals surface area contributed by atoms with Gasteiger partial charge in [0.05, 0.1) is 0 Å². The first-order chi connectivity index (χ1) is 12.2. The first kappa shape index (κ1) is 15.2. The number of aromatic hydroxyl groups is 1. The van der Waals surface area contributed by atoms with Crippen molar-refractivity contribution in [3.63, 3.8) is 0 Å². The third-order valence-corrected chi connectivity index (χ3v) is 4.24. The lowest BCUT2D eigenvalue weighted by Crippen LogP contribution is -2.23. The summed E-state index contributed by atoms with van der Waals surface area (Å²) >= 11 is 0. The van der Waals surface area contributed by atoms with E-state index in [4.69, 9.17) is 4.74 Å². The third kappa shape index (κ3) is 2.81. The lowest BCUT2D eigenvalue weighted by molar-refractivity contribution is 0.0959. The van der Waals surface area contributed by atoms with Crippen LogP contribution in [0.2, 0.25) is 0 Å². The van der Waals surface area contributed by atoms with E-state index < -0.39 is 6.10 Å². The maximum absolute atomic E-state index is 13.1. The van der Waals surface area contributed by atoms with Gasteiger partial charge in [-0.2, -0.15) is 0 Å². The maximum atomic E-state index is 13.1. The van der Waals surface area contributed by atoms with Gasteiger partial charge in [-0.3, -0.25) is 4.79 Å². The van der Waals surface area contributed by atoms with Gasteiger partial charge in [0, 0.05) is 5.57 Å². The molecule has 0 bridgehead atoms. The zero-order chi connectivity index (χ0) is 17.2. The number of fused-ring (bicyclic) bond motifs is 1. The van der Waals surface area contributed by atoms with Gasteiger partial charge < -0.3 is 9.84 Å². The highest BCUT2D eigenvalue weighted by Gasteiger charge is 2.34. The van der Waals surface area contributed by atoms with Crippen molar-refractivity contribution in [2.45, 2.75) is 6.10 Å². The summed E-state index contributed by atoms with van der Waals surface area (Å²) in [7, 11) is 0. The van der Waals surface area contributed by atoms with Crippen LogP contribution in [0.4, 0.5) is 0 Å². The summed E-state index contributed by atoms with van der Waals surface area (Å²) in [5.74, 6) is 0.133. The summed E-state index contributed by atoms with van der Waals surface area (Å²) in [6.07, 6.45) is 1.32. The van der Waals surface area contributed by atoms with Crippen molar-refractivity contribution < 1.29 is 14.6 Å². The minimum atomic E-state index is -0.511. The molecule has 0 fully saturated rings. The van der Waals surface area contributed by atoms with E-state index in [1.165, 1.54) is 6.07 Å². The molecule has 0 spiro atoms. The molecule has 0 amide bonds. The molecule has 1 heterocycles. The molecule has 1 atom stereocenters. The van der Waals surface area contributed by atoms with E-state index in [-0.39, 0.29) is 17.1 Å². The van der Waals surface area contributed by atoms with Crippen LogP contribution in [-0.2, 0) is 0 Å². The smallest absolute Gasteiger partial charge is 0.200 e. The Bertz CT molecular complexity index is 944. The van der Waals surface area contributed by atoms with E-state index >= 15 is 0 Å². The van der Waals surface area contributed by atoms with Crippen molar-refractivity contribution in [2.24, 2.45) is 0 Å². The minimum Gasteiger partial charge on any atom is -0.507 e. The first-order valence-corrected chi connectivity index (χ1v) is 8.09. The summed E-state index contributed by atoms with van der Waals surface area (Å²) in [6, 6.07) is 24.2. The van der Waals surface area contributed by atoms with Crippen LogP contribution in [-0.4, -0.2) is 10.9 Å². The number of benzene rings is 3. The summed E-state index contributed by atoms with van der Waals surface area (Å²) in [5, 5.41) is 10.1. The van der Waals surface area contributed by atoms with Crippen LogP contribution < -0.4 is 4.74 Å². The predicted molar refractivity (Wildman–Crippen MR) is 96.7 cm³/mol. The quantitative estimate of drug-likeness (QED) is 0.688. The van der Waals surface area contributed by atoms with Gasteiger partial charge in [-0.1, -0.05) is 66.7 Å². The molecule has 3 nitrogen and oxygen atoms in total. The fraction of sp³-hybridized carbons (Fsp3) is 0.0455. The van der Waals surface area contributed by atoms with Gasteiger partial charge in [0.1, 0.15) is 17.1 Å². The normalized spacial score (nSPS) is 17.8. The Morgan fingerprint density at radius 1 is 0.840 bits per heavy atom. The second-order valence-corrected chi connectivity index (χ2v) is 5.90. The fourth-order valence-corrected chi connectivity index (χ4v) is 3.05. The first-order valence-electron chi connectivity index (χ1n) is 8.09. The lowest BCUT2D eigenvalue weighted by Gasteiger charge is -2.28. The van der Waals surface area contributed by atoms with Gasteiger partial charge in [-0.25, -0.2) is 0 Å². The summed E-state index contributed by atoms with van der Waals surface area (Å²) in [5.41, 5.74) is 2.53. The minimum absolute atomic E-state index is 0.0621. The molecular weight excluding hydrogens is 312 g/mol. The van der Waals surface area contributed by atoms with E-state index in [1.54, 1.807) is 12.1 Å². The molecule has 3 aromatic rings. The second-order valence-electron chi connectivity index (χ2n) is 5.90. The van der Waals surface area contributed by atoms with E-state index in [9.17, 15) is 9.90 Å². The van der Waals surface area contributed by atoms with Gasteiger partial charge >= 0.3 is 0 Å². The summed E-state index contributed by atoms with van der Waals surface area (Å²) in [6.45, 7) is 0. The van der Waals surface area contributed by atoms with Gasteiger partial charge in [0.2, 0.25) is 5.78 Å². The van der Waals surface area contributed by atoms with Crippen molar-refractivity contribution in [1.82, 2.24) is 0 Å². The average Bonchev–Trinajstić information content (AvgIpc) is 2.65. The number of rotatable bonds is 2. The number of phenols is 1. The molecular formula is C22H16O3. The van der Waals surface area contributed by atoms with Crippen LogP contribution >= 0.6 is 0 Å². The molecule has 122 valence electrons. The molecule has 4 rings (SSSR count). The van der Waals surface area contributed by atoms with E-state index in [0.29, 0.717) is 11.3 Å². The SMILES string of the molecule is O=C1C(=Cc2ccccc2)C(c2ccccc2)Oc2cccc(O)c21. The van der Waals surface area contributed by atoms with Gasteiger partial charge in [-0.15, -0.1) is 0 Å². The Labute approximate surface area is 145 Å². The van der Waals surface area contributed by atoms with E-state index in [2.05, 4.69) is 0 Å². The average molecular weight is 328 g/mol. The monoisotopic (exact) mass is 328 g/mol. The summed E-state index contributed by atoms with van der Waals surface area (Å²) in [4.78, 5) is 13.1. The van der Waals surface area contributed by atoms with Crippen molar-refractivity contribution in [1.29, 1.82) is 0 Å². The number of ketones is 1. The molecule has 1 N–H and O–H groups in total. The summed E-state index contributed by atoms with van der Waals surface area (Å²) < 4.78 is 6.10. The molecule has 1 aliphatic heterocycles. The zero-order valence-corrected chi connectivity index (χ0v) is 13.4. The van der Waals surface area contributed by atoms with Crippen molar-refractivity contribution in [3.8, 4) is 11.5 Å². The molecule has 0 aromatic heterocycles. The Morgan fingerprint density at radius 3 is 2.24 bits per heavy atom. The highest BCUT2D eigenvalue weighted by Crippen LogP contribution is 2.42. The number of carbonyl (C=O) groups is 1. The number of ether oxygens (including phenoxy) is 1. The van der Waals surface area contributed by atoms with Crippen molar-refractivity contribution in [3.05, 3.63) is 101 Å². The molecule has 0 saturated heterocycles. The van der Waals surface area contributed by atoms with Crippen LogP contribution in [0.5, 0.6) is 11.5 Å². The molecule has 3 aromatic carbocycles. The molecule has 0 saturated carbocycles. The predicted octanol–water partition coefficient (Wildman–Crippen LogP) is 4.79. The zero-order valence-electron chi connectivity index (χ0n) is 13.4. The van der Waals surface area contributed by atoms with Crippen LogP contribution in [0, 0.1) is 0 Å². The van der Waals surface area contributed by atoms with Crippen LogP contribution in [0.25, 0.3) is 6.08 Å². The fourth-order valence-electron chi connectivity index (χ4n) is 3.05. The molecule has 1 aliphatic rings. The Morgan fingerprint density at radius 2 is 1.52 bits per heavy atom. The van der Waals surface area contributed by atoms with E-state index in [0.717, 1.165) is 11.1 Å². The number of phenolic OH excluding ortho intramolecular Hbond substituents is 1. The third-order valence-electron chi connectivity index (χ3n) is 4.24. The van der Waals surface area contributed by atoms with Gasteiger partial charge in [0.25, 0.3) is 0 Å². The molecule has 1 unspecified atom stereocenters. The number of hydrogen-bond donors (Lipinski definition) is 1. The van der Waals surface area contributed by atoms with Gasteiger partial charge in [-0.05, 0) is 29.3 Å². The largest absolute Gasteiger partial charge is 0.507 e.